The lowest BCUT2D eigenvalue weighted by Crippen LogP contribution is -2.44. The highest BCUT2D eigenvalue weighted by Gasteiger charge is 2.44. The molecule has 0 saturated heterocycles. The number of hydrogen-bond donors (Lipinski definition) is 2. The Morgan fingerprint density at radius 1 is 1.26 bits per heavy atom. The summed E-state index contributed by atoms with van der Waals surface area (Å²) in [6, 6.07) is 12.7. The molecule has 0 saturated carbocycles. The third-order valence-corrected chi connectivity index (χ3v) is 6.65. The maximum absolute atomic E-state index is 13.8. The second kappa shape index (κ2) is 11.2. The molecular formula is C23H19BrFN3O5S. The van der Waals surface area contributed by atoms with E-state index in [1.807, 2.05) is 0 Å². The third kappa shape index (κ3) is 5.40. The van der Waals surface area contributed by atoms with Crippen LogP contribution in [-0.4, -0.2) is 37.8 Å². The molecule has 2 aromatic rings. The van der Waals surface area contributed by atoms with E-state index in [0.717, 1.165) is 18.9 Å². The maximum atomic E-state index is 13.8. The van der Waals surface area contributed by atoms with Gasteiger partial charge < -0.3 is 20.1 Å². The molecular weight excluding hydrogens is 529 g/mol. The summed E-state index contributed by atoms with van der Waals surface area (Å²) in [5.74, 6) is -4.54. The Balaban J connectivity index is 1.94. The smallest absolute Gasteiger partial charge is 0.319 e. The summed E-state index contributed by atoms with van der Waals surface area (Å²) in [6.07, 6.45) is 0. The molecule has 176 valence electrons. The summed E-state index contributed by atoms with van der Waals surface area (Å²) in [5, 5.41) is 15.1. The van der Waals surface area contributed by atoms with Crippen LogP contribution in [0.3, 0.4) is 0 Å². The number of thioether (sulfide) groups is 1. The summed E-state index contributed by atoms with van der Waals surface area (Å²) in [4.78, 5) is 37.7. The Morgan fingerprint density at radius 3 is 2.62 bits per heavy atom. The van der Waals surface area contributed by atoms with Gasteiger partial charge in [0, 0.05) is 5.92 Å². The summed E-state index contributed by atoms with van der Waals surface area (Å²) < 4.78 is 24.4. The largest absolute Gasteiger partial charge is 0.496 e. The van der Waals surface area contributed by atoms with Gasteiger partial charge in [0.1, 0.15) is 17.5 Å². The number of allylic oxidation sites excluding steroid dienone is 1. The number of nitriles is 1. The van der Waals surface area contributed by atoms with Crippen LogP contribution in [0.2, 0.25) is 0 Å². The first kappa shape index (κ1) is 25.3. The van der Waals surface area contributed by atoms with Crippen molar-refractivity contribution in [1.29, 1.82) is 5.26 Å². The molecule has 0 bridgehead atoms. The average molecular weight is 548 g/mol. The molecule has 0 fully saturated rings. The van der Waals surface area contributed by atoms with Gasteiger partial charge in [-0.15, -0.1) is 0 Å². The molecule has 2 aromatic carbocycles. The van der Waals surface area contributed by atoms with E-state index in [2.05, 4.69) is 32.6 Å². The molecule has 0 aromatic heterocycles. The number of benzene rings is 2. The number of nitrogens with zero attached hydrogens (tertiary/aromatic N) is 1. The molecule has 0 radical (unpaired) electrons. The summed E-state index contributed by atoms with van der Waals surface area (Å²) in [7, 11) is 2.65. The van der Waals surface area contributed by atoms with Crippen molar-refractivity contribution in [3.63, 3.8) is 0 Å². The molecule has 1 aliphatic rings. The number of esters is 1. The van der Waals surface area contributed by atoms with E-state index >= 15 is 0 Å². The van der Waals surface area contributed by atoms with E-state index in [-0.39, 0.29) is 22.0 Å². The lowest BCUT2D eigenvalue weighted by Gasteiger charge is -2.31. The highest BCUT2D eigenvalue weighted by molar-refractivity contribution is 9.10. The van der Waals surface area contributed by atoms with Crippen molar-refractivity contribution in [3.05, 3.63) is 68.9 Å². The standard InChI is InChI=1S/C23H19BrFN3O5S/c1-32-17-8-7-12(9-14(17)24)19-13(10-26)22(28-21(30)20(19)23(31)33-2)34-11-18(29)27-16-6-4-3-5-15(16)25/h3-9,19-20H,11H2,1-2H3,(H,27,29)(H,28,30)/t19-,20+/m0/s1. The molecule has 0 spiro atoms. The number of ether oxygens (including phenoxy) is 2. The second-order valence-corrected chi connectivity index (χ2v) is 8.87. The van der Waals surface area contributed by atoms with Crippen LogP contribution in [0.25, 0.3) is 0 Å². The maximum Gasteiger partial charge on any atom is 0.319 e. The Hall–Kier alpha value is -3.36. The predicted octanol–water partition coefficient (Wildman–Crippen LogP) is 3.71. The van der Waals surface area contributed by atoms with Crippen molar-refractivity contribution in [2.75, 3.05) is 25.3 Å². The summed E-state index contributed by atoms with van der Waals surface area (Å²) in [6.45, 7) is 0. The van der Waals surface area contributed by atoms with Gasteiger partial charge in [0.2, 0.25) is 11.8 Å². The van der Waals surface area contributed by atoms with Gasteiger partial charge in [-0.05, 0) is 45.8 Å². The topological polar surface area (TPSA) is 118 Å². The van der Waals surface area contributed by atoms with Crippen LogP contribution in [0.5, 0.6) is 5.75 Å². The zero-order valence-corrected chi connectivity index (χ0v) is 20.5. The van der Waals surface area contributed by atoms with Gasteiger partial charge in [0.05, 0.1) is 46.8 Å². The van der Waals surface area contributed by atoms with E-state index in [4.69, 9.17) is 9.47 Å². The number of carbonyl (C=O) groups is 3. The van der Waals surface area contributed by atoms with Crippen LogP contribution >= 0.6 is 27.7 Å². The Bertz CT molecular complexity index is 1210. The minimum absolute atomic E-state index is 0.0157. The van der Waals surface area contributed by atoms with Gasteiger partial charge in [-0.2, -0.15) is 5.26 Å². The zero-order valence-electron chi connectivity index (χ0n) is 18.1. The van der Waals surface area contributed by atoms with Crippen LogP contribution in [0, 0.1) is 23.1 Å². The molecule has 1 heterocycles. The minimum Gasteiger partial charge on any atom is -0.496 e. The van der Waals surface area contributed by atoms with Crippen molar-refractivity contribution in [2.45, 2.75) is 5.92 Å². The van der Waals surface area contributed by atoms with Gasteiger partial charge in [0.15, 0.2) is 0 Å². The van der Waals surface area contributed by atoms with E-state index in [1.54, 1.807) is 24.3 Å². The van der Waals surface area contributed by atoms with E-state index < -0.39 is 35.4 Å². The fourth-order valence-corrected chi connectivity index (χ4v) is 4.85. The van der Waals surface area contributed by atoms with Crippen molar-refractivity contribution in [2.24, 2.45) is 5.92 Å². The van der Waals surface area contributed by atoms with Gasteiger partial charge in [-0.25, -0.2) is 4.39 Å². The first-order valence-electron chi connectivity index (χ1n) is 9.84. The molecule has 1 aliphatic heterocycles. The van der Waals surface area contributed by atoms with Crippen LogP contribution < -0.4 is 15.4 Å². The van der Waals surface area contributed by atoms with Crippen molar-refractivity contribution >= 4 is 51.2 Å². The molecule has 0 aliphatic carbocycles. The normalized spacial score (nSPS) is 17.4. The molecule has 3 rings (SSSR count). The van der Waals surface area contributed by atoms with E-state index in [9.17, 15) is 24.0 Å². The van der Waals surface area contributed by atoms with Crippen LogP contribution in [0.1, 0.15) is 11.5 Å². The summed E-state index contributed by atoms with van der Waals surface area (Å²) in [5.41, 5.74) is 0.612. The SMILES string of the molecule is COC(=O)[C@H]1C(=O)NC(SCC(=O)Nc2ccccc2F)=C(C#N)[C@@H]1c1ccc(OC)c(Br)c1. The molecule has 2 atom stereocenters. The van der Waals surface area contributed by atoms with Gasteiger partial charge in [0.25, 0.3) is 0 Å². The van der Waals surface area contributed by atoms with E-state index in [0.29, 0.717) is 15.8 Å². The lowest BCUT2D eigenvalue weighted by atomic mass is 9.78. The Labute approximate surface area is 207 Å². The molecule has 11 heteroatoms. The minimum atomic E-state index is -1.31. The number of methoxy groups -OCH3 is 2. The number of carbonyl (C=O) groups excluding carboxylic acids is 3. The van der Waals surface area contributed by atoms with Gasteiger partial charge >= 0.3 is 5.97 Å². The fourth-order valence-electron chi connectivity index (χ4n) is 3.44. The number of para-hydroxylation sites is 1. The van der Waals surface area contributed by atoms with E-state index in [1.165, 1.54) is 25.3 Å². The average Bonchev–Trinajstić information content (AvgIpc) is 2.83. The fraction of sp³-hybridized carbons (Fsp3) is 0.217. The molecule has 2 amide bonds. The van der Waals surface area contributed by atoms with Crippen LogP contribution in [0.15, 0.2) is 57.5 Å². The molecule has 2 N–H and O–H groups in total. The first-order chi connectivity index (χ1) is 16.3. The zero-order chi connectivity index (χ0) is 24.8. The van der Waals surface area contributed by atoms with Gasteiger partial charge in [-0.1, -0.05) is 30.0 Å². The predicted molar refractivity (Wildman–Crippen MR) is 127 cm³/mol. The number of halogens is 2. The second-order valence-electron chi connectivity index (χ2n) is 7.03. The number of hydrogen-bond acceptors (Lipinski definition) is 7. The molecule has 0 unspecified atom stereocenters. The van der Waals surface area contributed by atoms with Crippen LogP contribution in [-0.2, 0) is 19.1 Å². The van der Waals surface area contributed by atoms with Crippen molar-refractivity contribution < 1.29 is 28.2 Å². The monoisotopic (exact) mass is 547 g/mol. The van der Waals surface area contributed by atoms with Crippen LogP contribution in [0.4, 0.5) is 10.1 Å². The number of nitrogens with one attached hydrogen (secondary N) is 2. The molecule has 8 nitrogen and oxygen atoms in total. The highest BCUT2D eigenvalue weighted by Crippen LogP contribution is 2.42. The van der Waals surface area contributed by atoms with Crippen molar-refractivity contribution in [1.82, 2.24) is 5.32 Å². The number of anilines is 1. The summed E-state index contributed by atoms with van der Waals surface area (Å²) >= 11 is 4.28. The first-order valence-corrected chi connectivity index (χ1v) is 11.6. The molecule has 34 heavy (non-hydrogen) atoms. The Kier molecular flexibility index (Phi) is 8.31. The van der Waals surface area contributed by atoms with Gasteiger partial charge in [-0.3, -0.25) is 14.4 Å². The number of rotatable bonds is 7. The number of amides is 2. The third-order valence-electron chi connectivity index (χ3n) is 5.01. The van der Waals surface area contributed by atoms with Crippen molar-refractivity contribution in [3.8, 4) is 11.8 Å². The lowest BCUT2D eigenvalue weighted by molar-refractivity contribution is -0.150. The Morgan fingerprint density at radius 2 is 2.00 bits per heavy atom. The highest BCUT2D eigenvalue weighted by atomic mass is 79.9. The quantitative estimate of drug-likeness (QED) is 0.400.